The van der Waals surface area contributed by atoms with Crippen LogP contribution in [0.1, 0.15) is 11.1 Å². The molecule has 2 nitrogen and oxygen atoms in total. The van der Waals surface area contributed by atoms with Crippen LogP contribution in [0.25, 0.3) is 16.9 Å². The highest BCUT2D eigenvalue weighted by atomic mass is 19.4. The normalized spacial score (nSPS) is 12.0. The van der Waals surface area contributed by atoms with E-state index in [1.54, 1.807) is 16.8 Å². The Morgan fingerprint density at radius 1 is 1.10 bits per heavy atom. The van der Waals surface area contributed by atoms with Crippen LogP contribution >= 0.6 is 0 Å². The van der Waals surface area contributed by atoms with E-state index in [9.17, 15) is 17.6 Å². The maximum absolute atomic E-state index is 13.3. The average Bonchev–Trinajstić information content (AvgIpc) is 2.80. The van der Waals surface area contributed by atoms with Gasteiger partial charge < -0.3 is 4.40 Å². The number of imidazole rings is 1. The van der Waals surface area contributed by atoms with Crippen LogP contribution in [0.4, 0.5) is 17.6 Å². The molecule has 0 bridgehead atoms. The predicted octanol–water partition coefficient (Wildman–Crippen LogP) is 4.47. The summed E-state index contributed by atoms with van der Waals surface area (Å²) in [4.78, 5) is 4.27. The molecule has 0 saturated carbocycles. The molecule has 0 aliphatic heterocycles. The maximum Gasteiger partial charge on any atom is 0.419 e. The van der Waals surface area contributed by atoms with Gasteiger partial charge in [-0.15, -0.1) is 0 Å². The van der Waals surface area contributed by atoms with Crippen molar-refractivity contribution in [1.29, 1.82) is 0 Å². The van der Waals surface area contributed by atoms with Gasteiger partial charge in [-0.3, -0.25) is 0 Å². The van der Waals surface area contributed by atoms with Gasteiger partial charge in [0.15, 0.2) is 0 Å². The standard InChI is InChI=1S/C15H10F4N2/c1-9-4-5-21-8-13(20-14(21)6-9)10-2-3-12(16)11(7-10)15(17,18)19/h2-8H,1H3. The number of fused-ring (bicyclic) bond motifs is 1. The Kier molecular flexibility index (Phi) is 2.97. The maximum atomic E-state index is 13.3. The molecule has 0 aliphatic carbocycles. The molecule has 0 unspecified atom stereocenters. The number of aromatic nitrogens is 2. The molecule has 0 fully saturated rings. The fraction of sp³-hybridized carbons (Fsp3) is 0.133. The van der Waals surface area contributed by atoms with Gasteiger partial charge in [-0.1, -0.05) is 0 Å². The molecule has 2 aromatic heterocycles. The lowest BCUT2D eigenvalue weighted by atomic mass is 10.1. The van der Waals surface area contributed by atoms with E-state index in [1.165, 1.54) is 6.07 Å². The number of hydrogen-bond acceptors (Lipinski definition) is 1. The van der Waals surface area contributed by atoms with Crippen LogP contribution in [0.3, 0.4) is 0 Å². The first-order valence-electron chi connectivity index (χ1n) is 6.17. The van der Waals surface area contributed by atoms with Crippen LogP contribution in [0.2, 0.25) is 0 Å². The molecule has 3 rings (SSSR count). The zero-order valence-corrected chi connectivity index (χ0v) is 10.9. The number of hydrogen-bond donors (Lipinski definition) is 0. The van der Waals surface area contributed by atoms with E-state index >= 15 is 0 Å². The lowest BCUT2D eigenvalue weighted by Gasteiger charge is -2.08. The molecule has 0 amide bonds. The van der Waals surface area contributed by atoms with E-state index in [4.69, 9.17) is 0 Å². The van der Waals surface area contributed by atoms with Gasteiger partial charge in [0.1, 0.15) is 11.5 Å². The highest BCUT2D eigenvalue weighted by molar-refractivity contribution is 5.64. The summed E-state index contributed by atoms with van der Waals surface area (Å²) in [5.74, 6) is -1.29. The zero-order valence-electron chi connectivity index (χ0n) is 10.9. The number of alkyl halides is 3. The number of halogens is 4. The summed E-state index contributed by atoms with van der Waals surface area (Å²) < 4.78 is 53.2. The van der Waals surface area contributed by atoms with Crippen LogP contribution in [0.5, 0.6) is 0 Å². The fourth-order valence-electron chi connectivity index (χ4n) is 2.12. The van der Waals surface area contributed by atoms with Crippen molar-refractivity contribution in [2.45, 2.75) is 13.1 Å². The van der Waals surface area contributed by atoms with Gasteiger partial charge in [-0.05, 0) is 42.8 Å². The Morgan fingerprint density at radius 3 is 2.57 bits per heavy atom. The fourth-order valence-corrected chi connectivity index (χ4v) is 2.12. The van der Waals surface area contributed by atoms with Crippen molar-refractivity contribution in [1.82, 2.24) is 9.38 Å². The minimum atomic E-state index is -4.73. The van der Waals surface area contributed by atoms with Gasteiger partial charge in [0.25, 0.3) is 0 Å². The molecule has 1 aromatic carbocycles. The van der Waals surface area contributed by atoms with E-state index in [1.807, 2.05) is 19.1 Å². The van der Waals surface area contributed by atoms with Crippen molar-refractivity contribution < 1.29 is 17.6 Å². The summed E-state index contributed by atoms with van der Waals surface area (Å²) >= 11 is 0. The number of nitrogens with zero attached hydrogens (tertiary/aromatic N) is 2. The van der Waals surface area contributed by atoms with Crippen molar-refractivity contribution in [3.63, 3.8) is 0 Å². The summed E-state index contributed by atoms with van der Waals surface area (Å²) in [7, 11) is 0. The van der Waals surface area contributed by atoms with Gasteiger partial charge in [-0.2, -0.15) is 13.2 Å². The second-order valence-electron chi connectivity index (χ2n) is 4.79. The van der Waals surface area contributed by atoms with Crippen LogP contribution in [0.15, 0.2) is 42.7 Å². The van der Waals surface area contributed by atoms with Gasteiger partial charge in [0, 0.05) is 18.0 Å². The third-order valence-corrected chi connectivity index (χ3v) is 3.18. The first-order valence-corrected chi connectivity index (χ1v) is 6.17. The van der Waals surface area contributed by atoms with Gasteiger partial charge in [-0.25, -0.2) is 9.37 Å². The molecule has 0 spiro atoms. The largest absolute Gasteiger partial charge is 0.419 e. The highest BCUT2D eigenvalue weighted by Crippen LogP contribution is 2.34. The Hall–Kier alpha value is -2.37. The van der Waals surface area contributed by atoms with Crippen molar-refractivity contribution in [2.75, 3.05) is 0 Å². The van der Waals surface area contributed by atoms with E-state index in [-0.39, 0.29) is 5.56 Å². The quantitative estimate of drug-likeness (QED) is 0.605. The number of pyridine rings is 1. The lowest BCUT2D eigenvalue weighted by Crippen LogP contribution is -2.08. The second kappa shape index (κ2) is 4.58. The van der Waals surface area contributed by atoms with Crippen LogP contribution < -0.4 is 0 Å². The van der Waals surface area contributed by atoms with Crippen molar-refractivity contribution in [2.24, 2.45) is 0 Å². The lowest BCUT2D eigenvalue weighted by molar-refractivity contribution is -0.139. The molecule has 0 atom stereocenters. The third kappa shape index (κ3) is 2.49. The predicted molar refractivity (Wildman–Crippen MR) is 70.3 cm³/mol. The summed E-state index contributed by atoms with van der Waals surface area (Å²) in [5, 5.41) is 0. The molecule has 108 valence electrons. The van der Waals surface area contributed by atoms with Crippen molar-refractivity contribution in [3.05, 3.63) is 59.7 Å². The van der Waals surface area contributed by atoms with Gasteiger partial charge >= 0.3 is 6.18 Å². The Labute approximate surface area is 117 Å². The molecule has 6 heteroatoms. The minimum Gasteiger partial charge on any atom is -0.306 e. The number of benzene rings is 1. The van der Waals surface area contributed by atoms with E-state index in [0.717, 1.165) is 17.7 Å². The van der Waals surface area contributed by atoms with E-state index in [0.29, 0.717) is 11.3 Å². The molecule has 2 heterocycles. The number of rotatable bonds is 1. The molecule has 0 N–H and O–H groups in total. The molecule has 0 aliphatic rings. The van der Waals surface area contributed by atoms with Crippen LogP contribution in [-0.4, -0.2) is 9.38 Å². The highest BCUT2D eigenvalue weighted by Gasteiger charge is 2.34. The molecular formula is C15H10F4N2. The van der Waals surface area contributed by atoms with Gasteiger partial charge in [0.2, 0.25) is 0 Å². The zero-order chi connectivity index (χ0) is 15.2. The number of aryl methyl sites for hydroxylation is 1. The molecule has 21 heavy (non-hydrogen) atoms. The first-order chi connectivity index (χ1) is 9.84. The smallest absolute Gasteiger partial charge is 0.306 e. The minimum absolute atomic E-state index is 0.227. The first kappa shape index (κ1) is 13.6. The third-order valence-electron chi connectivity index (χ3n) is 3.18. The summed E-state index contributed by atoms with van der Waals surface area (Å²) in [6.07, 6.45) is -1.34. The van der Waals surface area contributed by atoms with Crippen LogP contribution in [0, 0.1) is 12.7 Å². The Morgan fingerprint density at radius 2 is 1.86 bits per heavy atom. The Balaban J connectivity index is 2.14. The van der Waals surface area contributed by atoms with Crippen molar-refractivity contribution in [3.8, 4) is 11.3 Å². The van der Waals surface area contributed by atoms with E-state index in [2.05, 4.69) is 4.98 Å². The van der Waals surface area contributed by atoms with Crippen molar-refractivity contribution >= 4 is 5.65 Å². The summed E-state index contributed by atoms with van der Waals surface area (Å²) in [6.45, 7) is 1.90. The molecule has 3 aromatic rings. The average molecular weight is 294 g/mol. The topological polar surface area (TPSA) is 17.3 Å². The molecule has 0 saturated heterocycles. The summed E-state index contributed by atoms with van der Waals surface area (Å²) in [6, 6.07) is 6.57. The SMILES string of the molecule is Cc1ccn2cc(-c3ccc(F)c(C(F)(F)F)c3)nc2c1. The monoisotopic (exact) mass is 294 g/mol. The molecule has 0 radical (unpaired) electrons. The molecular weight excluding hydrogens is 284 g/mol. The Bertz CT molecular complexity index is 818. The van der Waals surface area contributed by atoms with E-state index < -0.39 is 17.6 Å². The summed E-state index contributed by atoms with van der Waals surface area (Å²) in [5.41, 5.74) is 0.932. The van der Waals surface area contributed by atoms with Gasteiger partial charge in [0.05, 0.1) is 11.3 Å². The second-order valence-corrected chi connectivity index (χ2v) is 4.79. The van der Waals surface area contributed by atoms with Crippen LogP contribution in [-0.2, 0) is 6.18 Å².